The number of hydrogen-bond acceptors (Lipinski definition) is 3. The standard InChI is InChI=1S/C15H17IN2O2/c1-10-4-2-3-5-13(10)18-15(19)11(9-17)8-12-6-7-14(16)20-12/h6-8,10,13H,2-5H2,1H3,(H,18,19)/b11-8+/t10-,13+/m0/s1. The van der Waals surface area contributed by atoms with Gasteiger partial charge in [-0.25, -0.2) is 0 Å². The van der Waals surface area contributed by atoms with Crippen LogP contribution < -0.4 is 5.32 Å². The number of carbonyl (C=O) groups is 1. The summed E-state index contributed by atoms with van der Waals surface area (Å²) < 4.78 is 6.09. The third-order valence-corrected chi connectivity index (χ3v) is 4.25. The van der Waals surface area contributed by atoms with Gasteiger partial charge >= 0.3 is 0 Å². The number of nitrogens with zero attached hydrogens (tertiary/aromatic N) is 1. The number of furan rings is 1. The molecular weight excluding hydrogens is 367 g/mol. The first-order valence-electron chi connectivity index (χ1n) is 6.78. The maximum Gasteiger partial charge on any atom is 0.262 e. The Bertz CT molecular complexity index is 556. The minimum atomic E-state index is -0.308. The smallest absolute Gasteiger partial charge is 0.262 e. The Hall–Kier alpha value is -1.29. The molecule has 0 spiro atoms. The van der Waals surface area contributed by atoms with Gasteiger partial charge < -0.3 is 9.73 Å². The van der Waals surface area contributed by atoms with Gasteiger partial charge in [-0.15, -0.1) is 0 Å². The van der Waals surface area contributed by atoms with Crippen LogP contribution in [-0.2, 0) is 4.79 Å². The average molecular weight is 384 g/mol. The van der Waals surface area contributed by atoms with E-state index in [1.165, 1.54) is 12.5 Å². The molecule has 2 rings (SSSR count). The number of nitriles is 1. The van der Waals surface area contributed by atoms with Crippen LogP contribution in [-0.4, -0.2) is 11.9 Å². The van der Waals surface area contributed by atoms with Gasteiger partial charge in [0.05, 0.1) is 0 Å². The predicted octanol–water partition coefficient (Wildman–Crippen LogP) is 3.49. The minimum absolute atomic E-state index is 0.0912. The van der Waals surface area contributed by atoms with Crippen molar-refractivity contribution in [1.29, 1.82) is 5.26 Å². The van der Waals surface area contributed by atoms with Crippen LogP contribution in [0.5, 0.6) is 0 Å². The summed E-state index contributed by atoms with van der Waals surface area (Å²) >= 11 is 2.04. The van der Waals surface area contributed by atoms with E-state index in [1.807, 2.05) is 28.7 Å². The molecule has 1 amide bonds. The van der Waals surface area contributed by atoms with E-state index in [-0.39, 0.29) is 17.5 Å². The van der Waals surface area contributed by atoms with Gasteiger partial charge in [0.15, 0.2) is 3.77 Å². The number of nitrogens with one attached hydrogen (secondary N) is 1. The minimum Gasteiger partial charge on any atom is -0.451 e. The average Bonchev–Trinajstić information content (AvgIpc) is 2.84. The molecule has 20 heavy (non-hydrogen) atoms. The summed E-state index contributed by atoms with van der Waals surface area (Å²) in [6, 6.07) is 5.66. The van der Waals surface area contributed by atoms with Crippen LogP contribution in [0.3, 0.4) is 0 Å². The van der Waals surface area contributed by atoms with E-state index in [1.54, 1.807) is 12.1 Å². The maximum absolute atomic E-state index is 12.2. The number of amides is 1. The third kappa shape index (κ3) is 3.85. The van der Waals surface area contributed by atoms with E-state index in [9.17, 15) is 4.79 Å². The zero-order valence-electron chi connectivity index (χ0n) is 11.4. The third-order valence-electron chi connectivity index (χ3n) is 3.67. The molecule has 1 saturated carbocycles. The second kappa shape index (κ2) is 6.93. The molecule has 0 saturated heterocycles. The molecule has 0 aromatic carbocycles. The molecule has 106 valence electrons. The molecule has 1 aromatic heterocycles. The van der Waals surface area contributed by atoms with Crippen LogP contribution in [0.4, 0.5) is 0 Å². The summed E-state index contributed by atoms with van der Waals surface area (Å²) in [5.41, 5.74) is 0.0912. The second-order valence-corrected chi connectivity index (χ2v) is 6.22. The molecule has 4 nitrogen and oxygen atoms in total. The summed E-state index contributed by atoms with van der Waals surface area (Å²) in [7, 11) is 0. The first kappa shape index (κ1) is 15.1. The molecule has 0 bridgehead atoms. The molecule has 0 unspecified atom stereocenters. The van der Waals surface area contributed by atoms with Crippen LogP contribution in [0.25, 0.3) is 6.08 Å². The van der Waals surface area contributed by atoms with E-state index >= 15 is 0 Å². The van der Waals surface area contributed by atoms with Gasteiger partial charge in [-0.2, -0.15) is 5.26 Å². The Balaban J connectivity index is 2.06. The zero-order chi connectivity index (χ0) is 14.5. The topological polar surface area (TPSA) is 66.0 Å². The van der Waals surface area contributed by atoms with Crippen LogP contribution in [0.15, 0.2) is 22.1 Å². The lowest BCUT2D eigenvalue weighted by Gasteiger charge is -2.29. The second-order valence-electron chi connectivity index (χ2n) is 5.15. The Kier molecular flexibility index (Phi) is 5.24. The molecule has 2 atom stereocenters. The van der Waals surface area contributed by atoms with Gasteiger partial charge in [0, 0.05) is 12.1 Å². The summed E-state index contributed by atoms with van der Waals surface area (Å²) in [5, 5.41) is 12.1. The number of carbonyl (C=O) groups excluding carboxylic acids is 1. The Morgan fingerprint density at radius 2 is 2.25 bits per heavy atom. The highest BCUT2D eigenvalue weighted by atomic mass is 127. The molecule has 1 heterocycles. The van der Waals surface area contributed by atoms with Crippen molar-refractivity contribution < 1.29 is 9.21 Å². The number of halogens is 1. The summed E-state index contributed by atoms with van der Waals surface area (Å²) in [5.74, 6) is 0.688. The lowest BCUT2D eigenvalue weighted by molar-refractivity contribution is -0.118. The molecule has 1 N–H and O–H groups in total. The fraction of sp³-hybridized carbons (Fsp3) is 0.467. The molecule has 5 heteroatoms. The first-order valence-corrected chi connectivity index (χ1v) is 7.86. The van der Waals surface area contributed by atoms with Gasteiger partial charge in [0.1, 0.15) is 17.4 Å². The van der Waals surface area contributed by atoms with Crippen LogP contribution in [0.2, 0.25) is 0 Å². The molecule has 1 aliphatic rings. The highest BCUT2D eigenvalue weighted by Gasteiger charge is 2.24. The molecule has 1 aliphatic carbocycles. The Morgan fingerprint density at radius 3 is 2.85 bits per heavy atom. The van der Waals surface area contributed by atoms with Gasteiger partial charge in [-0.3, -0.25) is 4.79 Å². The van der Waals surface area contributed by atoms with Crippen molar-refractivity contribution in [2.75, 3.05) is 0 Å². The van der Waals surface area contributed by atoms with Gasteiger partial charge in [-0.1, -0.05) is 19.8 Å². The summed E-state index contributed by atoms with van der Waals surface area (Å²) in [4.78, 5) is 12.2. The number of rotatable bonds is 3. The molecule has 1 fully saturated rings. The zero-order valence-corrected chi connectivity index (χ0v) is 13.5. The normalized spacial score (nSPS) is 23.1. The van der Waals surface area contributed by atoms with Gasteiger partial charge in [0.25, 0.3) is 5.91 Å². The van der Waals surface area contributed by atoms with Crippen molar-refractivity contribution in [2.24, 2.45) is 5.92 Å². The van der Waals surface area contributed by atoms with Gasteiger partial charge in [-0.05, 0) is 53.5 Å². The number of hydrogen-bond donors (Lipinski definition) is 1. The Labute approximate surface area is 132 Å². The lowest BCUT2D eigenvalue weighted by atomic mass is 9.86. The van der Waals surface area contributed by atoms with E-state index in [0.717, 1.165) is 23.0 Å². The van der Waals surface area contributed by atoms with Crippen LogP contribution in [0, 0.1) is 21.0 Å². The maximum atomic E-state index is 12.2. The predicted molar refractivity (Wildman–Crippen MR) is 84.6 cm³/mol. The lowest BCUT2D eigenvalue weighted by Crippen LogP contribution is -2.41. The molecule has 0 radical (unpaired) electrons. The van der Waals surface area contributed by atoms with E-state index in [4.69, 9.17) is 9.68 Å². The monoisotopic (exact) mass is 384 g/mol. The summed E-state index contributed by atoms with van der Waals surface area (Å²) in [6.45, 7) is 2.15. The van der Waals surface area contributed by atoms with Crippen molar-refractivity contribution in [1.82, 2.24) is 5.32 Å². The van der Waals surface area contributed by atoms with Crippen LogP contribution >= 0.6 is 22.6 Å². The molecule has 0 aliphatic heterocycles. The van der Waals surface area contributed by atoms with Crippen molar-refractivity contribution in [2.45, 2.75) is 38.6 Å². The quantitative estimate of drug-likeness (QED) is 0.493. The van der Waals surface area contributed by atoms with E-state index in [2.05, 4.69) is 12.2 Å². The first-order chi connectivity index (χ1) is 9.60. The molecule has 1 aromatic rings. The Morgan fingerprint density at radius 1 is 1.50 bits per heavy atom. The van der Waals surface area contributed by atoms with E-state index < -0.39 is 0 Å². The van der Waals surface area contributed by atoms with Crippen molar-refractivity contribution >= 4 is 34.6 Å². The largest absolute Gasteiger partial charge is 0.451 e. The summed E-state index contributed by atoms with van der Waals surface area (Å²) in [6.07, 6.45) is 5.97. The molecular formula is C15H17IN2O2. The van der Waals surface area contributed by atoms with Crippen molar-refractivity contribution in [3.8, 4) is 6.07 Å². The van der Waals surface area contributed by atoms with Crippen molar-refractivity contribution in [3.05, 3.63) is 27.2 Å². The highest BCUT2D eigenvalue weighted by Crippen LogP contribution is 2.24. The van der Waals surface area contributed by atoms with Crippen molar-refractivity contribution in [3.63, 3.8) is 0 Å². The fourth-order valence-corrected chi connectivity index (χ4v) is 2.91. The highest BCUT2D eigenvalue weighted by molar-refractivity contribution is 14.1. The van der Waals surface area contributed by atoms with E-state index in [0.29, 0.717) is 11.7 Å². The van der Waals surface area contributed by atoms with Gasteiger partial charge in [0.2, 0.25) is 0 Å². The fourth-order valence-electron chi connectivity index (χ4n) is 2.47. The SMILES string of the molecule is C[C@H]1CCCC[C@H]1NC(=O)/C(C#N)=C/c1ccc(I)o1. The van der Waals surface area contributed by atoms with Crippen LogP contribution in [0.1, 0.15) is 38.4 Å².